The summed E-state index contributed by atoms with van der Waals surface area (Å²) in [6.07, 6.45) is 3.74. The maximum absolute atomic E-state index is 13.5. The number of nitrogens with zero attached hydrogens (tertiary/aromatic N) is 3. The van der Waals surface area contributed by atoms with Crippen LogP contribution in [0.3, 0.4) is 0 Å². The molecular weight excluding hydrogens is 576 g/mol. The van der Waals surface area contributed by atoms with E-state index in [1.54, 1.807) is 12.1 Å². The molecule has 0 aromatic heterocycles. The predicted molar refractivity (Wildman–Crippen MR) is 132 cm³/mol. The third-order valence-electron chi connectivity index (χ3n) is 6.87. The Balaban J connectivity index is 0.00000210. The number of carbonyl (C=O) groups excluding carboxylic acids is 2. The summed E-state index contributed by atoms with van der Waals surface area (Å²) in [5, 5.41) is 3.97. The first-order valence-electron chi connectivity index (χ1n) is 11.8. The van der Waals surface area contributed by atoms with Crippen LogP contribution in [0.1, 0.15) is 37.2 Å². The number of hydrogen-bond acceptors (Lipinski definition) is 8. The maximum atomic E-state index is 13.5. The van der Waals surface area contributed by atoms with Crippen molar-refractivity contribution in [3.8, 4) is 0 Å². The number of esters is 1. The Kier molecular flexibility index (Phi) is 14.0. The number of ether oxygens (including phenoxy) is 1. The van der Waals surface area contributed by atoms with Crippen LogP contribution in [0.5, 0.6) is 0 Å². The molecule has 0 N–H and O–H groups in total. The fourth-order valence-electron chi connectivity index (χ4n) is 5.46. The Morgan fingerprint density at radius 3 is 2.51 bits per heavy atom. The van der Waals surface area contributed by atoms with Gasteiger partial charge in [0.15, 0.2) is 0 Å². The van der Waals surface area contributed by atoms with E-state index >= 15 is 0 Å². The number of halogens is 1. The molecule has 0 spiro atoms. The van der Waals surface area contributed by atoms with E-state index in [0.29, 0.717) is 30.6 Å². The molecule has 35 heavy (non-hydrogen) atoms. The molecule has 2 aliphatic rings. The number of piperidine rings is 1. The van der Waals surface area contributed by atoms with Gasteiger partial charge in [0.25, 0.3) is 0 Å². The Labute approximate surface area is 229 Å². The Hall–Kier alpha value is -0.841. The van der Waals surface area contributed by atoms with Gasteiger partial charge in [0.2, 0.25) is 0 Å². The van der Waals surface area contributed by atoms with Crippen molar-refractivity contribution in [3.05, 3.63) is 41.0 Å². The van der Waals surface area contributed by atoms with Crippen LogP contribution in [0.4, 0.5) is 4.39 Å². The second kappa shape index (κ2) is 16.1. The van der Waals surface area contributed by atoms with Crippen molar-refractivity contribution in [3.63, 3.8) is 0 Å². The Bertz CT molecular complexity index is 807. The zero-order chi connectivity index (χ0) is 25.8. The van der Waals surface area contributed by atoms with Crippen LogP contribution in [-0.4, -0.2) is 85.1 Å². The van der Waals surface area contributed by atoms with E-state index in [-0.39, 0.29) is 42.1 Å². The van der Waals surface area contributed by atoms with Crippen molar-refractivity contribution in [1.82, 2.24) is 9.80 Å². The Morgan fingerprint density at radius 2 is 1.89 bits per heavy atom. The molecule has 3 rings (SSSR count). The average Bonchev–Trinajstić information content (AvgIpc) is 3.14. The molecule has 0 aliphatic carbocycles. The van der Waals surface area contributed by atoms with Gasteiger partial charge < -0.3 is 40.1 Å². The molecule has 2 saturated heterocycles. The van der Waals surface area contributed by atoms with E-state index in [4.69, 9.17) is 33.5 Å². The average molecular weight is 610 g/mol. The SMILES string of the molecule is COC(=O)[C@@H]1[C@H]2CC[C@@H](C[C@H]1c1ccc(F)cc1)N2CCCN(CC[S-])CC(=O)[N-]CC[S-].[O]=[99Tc+3]. The molecule has 2 aliphatic heterocycles. The Morgan fingerprint density at radius 1 is 1.17 bits per heavy atom. The molecule has 1 amide bonds. The van der Waals surface area contributed by atoms with Crippen LogP contribution >= 0.6 is 0 Å². The minimum atomic E-state index is -0.271. The second-order valence-corrected chi connectivity index (χ2v) is 9.61. The number of methoxy groups -OCH3 is 1. The van der Waals surface area contributed by atoms with Gasteiger partial charge in [-0.1, -0.05) is 12.1 Å². The molecule has 2 fully saturated rings. The van der Waals surface area contributed by atoms with E-state index < -0.39 is 0 Å². The van der Waals surface area contributed by atoms with Crippen LogP contribution in [0, 0.1) is 11.7 Å². The first-order chi connectivity index (χ1) is 17.0. The molecular formula is C24H33FN3O4S2Tc. The van der Waals surface area contributed by atoms with Gasteiger partial charge in [-0.15, -0.1) is 0 Å². The van der Waals surface area contributed by atoms with E-state index in [1.807, 2.05) is 0 Å². The fourth-order valence-corrected chi connectivity index (χ4v) is 5.81. The first kappa shape index (κ1) is 30.4. The number of benzene rings is 1. The van der Waals surface area contributed by atoms with Crippen molar-refractivity contribution in [2.45, 2.75) is 43.7 Å². The van der Waals surface area contributed by atoms with Gasteiger partial charge in [0.1, 0.15) is 5.82 Å². The zero-order valence-electron chi connectivity index (χ0n) is 19.9. The van der Waals surface area contributed by atoms with Gasteiger partial charge in [0, 0.05) is 24.5 Å². The van der Waals surface area contributed by atoms with Crippen LogP contribution in [0.15, 0.2) is 24.3 Å². The second-order valence-electron chi connectivity index (χ2n) is 8.79. The third kappa shape index (κ3) is 8.61. The van der Waals surface area contributed by atoms with Crippen LogP contribution < -0.4 is 0 Å². The monoisotopic (exact) mass is 609 g/mol. The van der Waals surface area contributed by atoms with E-state index in [0.717, 1.165) is 63.2 Å². The molecule has 194 valence electrons. The summed E-state index contributed by atoms with van der Waals surface area (Å²) in [7, 11) is 1.44. The molecule has 7 nitrogen and oxygen atoms in total. The number of hydrogen-bond donors (Lipinski definition) is 0. The molecule has 1 aromatic carbocycles. The van der Waals surface area contributed by atoms with Crippen molar-refractivity contribution in [2.75, 3.05) is 51.3 Å². The summed E-state index contributed by atoms with van der Waals surface area (Å²) in [4.78, 5) is 29.4. The molecule has 0 unspecified atom stereocenters. The number of rotatable bonds is 12. The first-order valence-corrected chi connectivity index (χ1v) is 13.7. The van der Waals surface area contributed by atoms with Crippen LogP contribution in [0.2, 0.25) is 0 Å². The number of amides is 1. The standard InChI is InChI=1S/C24H36FN3O3S2.O.Tc/c1-31-24(30)23-20(17-3-5-18(25)6-4-17)15-19-7-8-21(23)28(19)11-2-10-27(12-14-33)16-22(29)26-9-13-32;;/h3-6,19-21,23H,2,7-16H2,1H3,(H3,26,29,32,33);;/q;;+3/p-3/t19-,20-,21+,23-;;/m0../s1/i;;1+1. The fraction of sp³-hybridized carbons (Fsp3) is 0.667. The molecule has 11 heteroatoms. The summed E-state index contributed by atoms with van der Waals surface area (Å²) >= 11 is 10.9. The summed E-state index contributed by atoms with van der Waals surface area (Å²) in [6, 6.07) is 7.03. The van der Waals surface area contributed by atoms with Crippen LogP contribution in [-0.2, 0) is 61.9 Å². The van der Waals surface area contributed by atoms with E-state index in [2.05, 4.69) is 15.1 Å². The number of carbonyl (C=O) groups is 2. The topological polar surface area (TPSA) is 81.0 Å². The molecule has 0 saturated carbocycles. The van der Waals surface area contributed by atoms with Crippen molar-refractivity contribution < 1.29 is 41.1 Å². The third-order valence-corrected chi connectivity index (χ3v) is 7.24. The van der Waals surface area contributed by atoms with Gasteiger partial charge in [-0.05, 0) is 63.0 Å². The van der Waals surface area contributed by atoms with Crippen molar-refractivity contribution >= 4 is 37.1 Å². The minimum absolute atomic E-state index is 0.0344. The van der Waals surface area contributed by atoms with Crippen molar-refractivity contribution in [2.24, 2.45) is 5.92 Å². The van der Waals surface area contributed by atoms with Crippen LogP contribution in [0.25, 0.3) is 5.32 Å². The molecule has 0 radical (unpaired) electrons. The van der Waals surface area contributed by atoms with Gasteiger partial charge >= 0.3 is 28.3 Å². The molecule has 4 atom stereocenters. The quantitative estimate of drug-likeness (QED) is 0.264. The molecule has 1 aromatic rings. The van der Waals surface area contributed by atoms with E-state index in [1.165, 1.54) is 19.2 Å². The summed E-state index contributed by atoms with van der Waals surface area (Å²) in [6.45, 7) is 2.94. The predicted octanol–water partition coefficient (Wildman–Crippen LogP) is 2.50. The van der Waals surface area contributed by atoms with Gasteiger partial charge in [0.05, 0.1) is 18.9 Å². The number of fused-ring (bicyclic) bond motifs is 2. The summed E-state index contributed by atoms with van der Waals surface area (Å²) in [5.74, 6) is 0.176. The summed E-state index contributed by atoms with van der Waals surface area (Å²) < 4.78 is 26.9. The van der Waals surface area contributed by atoms with E-state index in [9.17, 15) is 14.0 Å². The van der Waals surface area contributed by atoms with Crippen molar-refractivity contribution in [1.29, 1.82) is 0 Å². The zero-order valence-corrected chi connectivity index (χ0v) is 23.4. The molecule has 2 bridgehead atoms. The normalized spacial score (nSPS) is 23.4. The van der Waals surface area contributed by atoms with Gasteiger partial charge in [-0.2, -0.15) is 18.1 Å². The van der Waals surface area contributed by atoms with Gasteiger partial charge in [-0.25, -0.2) is 4.39 Å². The summed E-state index contributed by atoms with van der Waals surface area (Å²) in [5.41, 5.74) is 1.00. The molecule has 2 heterocycles. The van der Waals surface area contributed by atoms with Gasteiger partial charge in [-0.3, -0.25) is 14.6 Å².